The van der Waals surface area contributed by atoms with Crippen LogP contribution in [0.2, 0.25) is 0 Å². The van der Waals surface area contributed by atoms with E-state index in [1.807, 2.05) is 0 Å². The van der Waals surface area contributed by atoms with Crippen LogP contribution in [0.4, 0.5) is 5.82 Å². The molecule has 25 nitrogen and oxygen atoms in total. The van der Waals surface area contributed by atoms with Gasteiger partial charge in [0.1, 0.15) is 36.3 Å². The molecule has 2 aliphatic heterocycles. The van der Waals surface area contributed by atoms with Crippen molar-refractivity contribution in [2.24, 2.45) is 5.41 Å². The van der Waals surface area contributed by atoms with Crippen LogP contribution >= 0.6 is 35.2 Å². The molecule has 2 aromatic rings. The van der Waals surface area contributed by atoms with E-state index in [1.165, 1.54) is 13.8 Å². The number of aromatic nitrogens is 4. The average Bonchev–Trinajstić information content (AvgIpc) is 3.84. The molecule has 310 valence electrons. The summed E-state index contributed by atoms with van der Waals surface area (Å²) < 4.78 is 62.1. The number of thioether (sulfide) groups is 1. The molecule has 4 rings (SSSR count). The van der Waals surface area contributed by atoms with Crippen molar-refractivity contribution in [1.29, 1.82) is 0 Å². The van der Waals surface area contributed by atoms with Gasteiger partial charge in [-0.15, -0.1) is 0 Å². The Kier molecular flexibility index (Phi) is 15.5. The summed E-state index contributed by atoms with van der Waals surface area (Å²) in [6.07, 6.45) is -5.19. The second-order valence-electron chi connectivity index (χ2n) is 12.9. The minimum atomic E-state index is -5.57. The lowest BCUT2D eigenvalue weighted by atomic mass is 9.87. The Bertz CT molecular complexity index is 1830. The number of anilines is 1. The molecule has 29 heteroatoms. The minimum absolute atomic E-state index is 0.00341. The van der Waals surface area contributed by atoms with Crippen LogP contribution in [0.15, 0.2) is 12.7 Å². The van der Waals surface area contributed by atoms with E-state index in [1.54, 1.807) is 0 Å². The summed E-state index contributed by atoms with van der Waals surface area (Å²) in [4.78, 5) is 87.6. The van der Waals surface area contributed by atoms with Crippen LogP contribution < -0.4 is 21.7 Å². The number of fused-ring (bicyclic) bond motifs is 1. The van der Waals surface area contributed by atoms with E-state index in [0.717, 1.165) is 48.4 Å². The third-order valence-corrected chi connectivity index (χ3v) is 12.2. The topological polar surface area (TPSA) is 376 Å². The first-order valence-corrected chi connectivity index (χ1v) is 21.9. The summed E-state index contributed by atoms with van der Waals surface area (Å²) in [5.41, 5.74) is 4.27. The van der Waals surface area contributed by atoms with Crippen molar-refractivity contribution >= 4 is 69.1 Å². The number of nitrogen functional groups attached to an aromatic ring is 1. The van der Waals surface area contributed by atoms with Crippen molar-refractivity contribution in [2.45, 2.75) is 69.8 Å². The largest absolute Gasteiger partial charge is 0.481 e. The molecular weight excluding hydrogens is 821 g/mol. The number of carbonyl (C=O) groups excluding carboxylic acids is 3. The molecule has 8 atom stereocenters. The van der Waals surface area contributed by atoms with Gasteiger partial charge < -0.3 is 56.2 Å². The Balaban J connectivity index is 1.23. The van der Waals surface area contributed by atoms with Crippen molar-refractivity contribution in [3.8, 4) is 0 Å². The molecule has 2 aromatic heterocycles. The molecule has 7 unspecified atom stereocenters. The summed E-state index contributed by atoms with van der Waals surface area (Å²) in [5.74, 6) is -1.07. The molecule has 0 radical (unpaired) electrons. The fraction of sp³-hybridized carbons (Fsp3) is 0.692. The van der Waals surface area contributed by atoms with Gasteiger partial charge in [-0.1, -0.05) is 25.6 Å². The van der Waals surface area contributed by atoms with Crippen molar-refractivity contribution in [2.75, 3.05) is 44.3 Å². The smallest absolute Gasteiger partial charge is 0.386 e. The zero-order valence-electron chi connectivity index (χ0n) is 29.3. The van der Waals surface area contributed by atoms with Gasteiger partial charge in [-0.3, -0.25) is 32.5 Å². The Morgan fingerprint density at radius 3 is 2.49 bits per heavy atom. The lowest BCUT2D eigenvalue weighted by Crippen LogP contribution is -2.46. The molecule has 11 N–H and O–H groups in total. The number of nitrogens with two attached hydrogens (primary N) is 1. The van der Waals surface area contributed by atoms with E-state index in [-0.39, 0.29) is 47.6 Å². The molecule has 55 heavy (non-hydrogen) atoms. The first kappa shape index (κ1) is 45.2. The summed E-state index contributed by atoms with van der Waals surface area (Å²) in [7, 11) is -16.4. The van der Waals surface area contributed by atoms with Gasteiger partial charge in [0.05, 0.1) is 25.6 Å². The number of phosphoric ester groups is 3. The van der Waals surface area contributed by atoms with Crippen LogP contribution in [0.25, 0.3) is 11.2 Å². The highest BCUT2D eigenvalue weighted by Gasteiger charge is 2.50. The number of rotatable bonds is 20. The summed E-state index contributed by atoms with van der Waals surface area (Å²) in [6, 6.07) is -0.183. The minimum Gasteiger partial charge on any atom is -0.386 e. The monoisotopic (exact) mass is 864 g/mol. The van der Waals surface area contributed by atoms with Crippen LogP contribution in [0.1, 0.15) is 39.3 Å². The number of ether oxygens (including phenoxy) is 1. The first-order valence-electron chi connectivity index (χ1n) is 16.4. The fourth-order valence-corrected chi connectivity index (χ4v) is 8.90. The van der Waals surface area contributed by atoms with Crippen LogP contribution in [-0.4, -0.2) is 135 Å². The highest BCUT2D eigenvalue weighted by Crippen LogP contribution is 2.61. The predicted molar refractivity (Wildman–Crippen MR) is 188 cm³/mol. The number of nitrogens with one attached hydrogen (secondary N) is 3. The summed E-state index contributed by atoms with van der Waals surface area (Å²) >= 11 is 1.10. The van der Waals surface area contributed by atoms with Gasteiger partial charge in [-0.25, -0.2) is 28.6 Å². The Morgan fingerprint density at radius 1 is 1.11 bits per heavy atom. The molecule has 2 saturated heterocycles. The van der Waals surface area contributed by atoms with Gasteiger partial charge in [-0.05, 0) is 19.4 Å². The maximum absolute atomic E-state index is 12.7. The molecule has 0 spiro atoms. The fourth-order valence-electron chi connectivity index (χ4n) is 5.27. The first-order chi connectivity index (χ1) is 25.6. The predicted octanol–water partition coefficient (Wildman–Crippen LogP) is -1.58. The molecule has 2 amide bonds. The lowest BCUT2D eigenvalue weighted by Gasteiger charge is -2.30. The van der Waals surface area contributed by atoms with Crippen LogP contribution in [0.5, 0.6) is 0 Å². The average molecular weight is 865 g/mol. The number of imidazole rings is 1. The molecule has 0 saturated carbocycles. The van der Waals surface area contributed by atoms with Crippen LogP contribution in [-0.2, 0) is 50.7 Å². The zero-order valence-corrected chi connectivity index (χ0v) is 32.8. The SMILES string of the molecule is CC(C)(COP(=O)(O)OP(=O)(O)OCC1OC(n2cnc3c(N)ncnc32)C(O)C1OP(=O)(O)O)C(O)C(=O)NCCC(=O)NCCSC(=O)[C@@H]1CCCN1. The normalized spacial score (nSPS) is 24.6. The van der Waals surface area contributed by atoms with Gasteiger partial charge in [0, 0.05) is 30.7 Å². The van der Waals surface area contributed by atoms with E-state index >= 15 is 0 Å². The standard InChI is InChI=1S/C26H43N8O17P3S/c1-26(2,20(37)23(38)30-7-5-16(35)29-8-9-55-25(39)14-4-3-6-28-14)11-48-54(45,46)51-53(43,44)47-10-15-19(50-52(40,41)42)18(36)24(49-15)34-13-33-17-21(27)31-12-32-22(17)34/h12-15,18-20,24,28,36-37H,3-11H2,1-2H3,(H,29,35)(H,30,38)(H,43,44)(H,45,46)(H2,27,31,32)(H2,40,41,42)/t14-,15?,18?,19?,20?,24?/m0/s1. The van der Waals surface area contributed by atoms with Crippen molar-refractivity contribution in [3.05, 3.63) is 12.7 Å². The molecule has 0 bridgehead atoms. The molecule has 0 aromatic carbocycles. The quantitative estimate of drug-likeness (QED) is 0.0530. The van der Waals surface area contributed by atoms with Crippen LogP contribution in [0, 0.1) is 5.41 Å². The maximum Gasteiger partial charge on any atom is 0.481 e. The van der Waals surface area contributed by atoms with Crippen molar-refractivity contribution in [3.63, 3.8) is 0 Å². The van der Waals surface area contributed by atoms with E-state index < -0.39 is 84.6 Å². The van der Waals surface area contributed by atoms with E-state index in [2.05, 4.69) is 39.7 Å². The van der Waals surface area contributed by atoms with Gasteiger partial charge >= 0.3 is 23.5 Å². The number of amides is 2. The zero-order chi connectivity index (χ0) is 40.8. The number of nitrogens with zero attached hydrogens (tertiary/aromatic N) is 4. The van der Waals surface area contributed by atoms with Gasteiger partial charge in [0.25, 0.3) is 0 Å². The third-order valence-electron chi connectivity index (χ3n) is 8.09. The second-order valence-corrected chi connectivity index (χ2v) is 18.2. The van der Waals surface area contributed by atoms with Gasteiger partial charge in [0.15, 0.2) is 17.7 Å². The number of hydrogen-bond donors (Lipinski definition) is 10. The molecule has 2 fully saturated rings. The molecule has 4 heterocycles. The van der Waals surface area contributed by atoms with Crippen LogP contribution in [0.3, 0.4) is 0 Å². The Hall–Kier alpha value is -2.48. The Labute approximate surface area is 316 Å². The molecule has 0 aliphatic carbocycles. The molecule has 2 aliphatic rings. The highest BCUT2D eigenvalue weighted by molar-refractivity contribution is 8.13. The highest BCUT2D eigenvalue weighted by atomic mass is 32.2. The number of phosphoric acid groups is 3. The number of aliphatic hydroxyl groups is 2. The van der Waals surface area contributed by atoms with E-state index in [4.69, 9.17) is 19.5 Å². The third kappa shape index (κ3) is 13.0. The van der Waals surface area contributed by atoms with E-state index in [0.29, 0.717) is 5.75 Å². The molecular formula is C26H43N8O17P3S. The summed E-state index contributed by atoms with van der Waals surface area (Å²) in [5, 5.41) is 29.5. The van der Waals surface area contributed by atoms with Crippen molar-refractivity contribution in [1.82, 2.24) is 35.5 Å². The van der Waals surface area contributed by atoms with Crippen molar-refractivity contribution < 1.29 is 80.5 Å². The number of aliphatic hydroxyl groups excluding tert-OH is 2. The number of carbonyl (C=O) groups is 3. The van der Waals surface area contributed by atoms with Gasteiger partial charge in [-0.2, -0.15) is 4.31 Å². The van der Waals surface area contributed by atoms with E-state index in [9.17, 15) is 57.9 Å². The summed E-state index contributed by atoms with van der Waals surface area (Å²) in [6.45, 7) is 1.32. The Morgan fingerprint density at radius 2 is 1.82 bits per heavy atom. The maximum atomic E-state index is 12.7. The lowest BCUT2D eigenvalue weighted by molar-refractivity contribution is -0.137. The second kappa shape index (κ2) is 18.9. The number of hydrogen-bond acceptors (Lipinski definition) is 19. The van der Waals surface area contributed by atoms with Gasteiger partial charge in [0.2, 0.25) is 16.9 Å².